The quantitative estimate of drug-likeness (QED) is 0.176. The van der Waals surface area contributed by atoms with Gasteiger partial charge in [0.1, 0.15) is 0 Å². The third-order valence-electron chi connectivity index (χ3n) is 7.90. The summed E-state index contributed by atoms with van der Waals surface area (Å²) in [6.45, 7) is 36.3. The lowest BCUT2D eigenvalue weighted by atomic mass is 10.1. The van der Waals surface area contributed by atoms with Crippen LogP contribution in [0.3, 0.4) is 0 Å². The lowest BCUT2D eigenvalue weighted by Crippen LogP contribution is -2.78. The van der Waals surface area contributed by atoms with E-state index in [9.17, 15) is 0 Å². The fourth-order valence-electron chi connectivity index (χ4n) is 6.42. The van der Waals surface area contributed by atoms with Crippen LogP contribution in [-0.2, 0) is 0 Å². The monoisotopic (exact) mass is 594 g/mol. The zero-order chi connectivity index (χ0) is 29.2. The van der Waals surface area contributed by atoms with Gasteiger partial charge in [-0.3, -0.25) is 0 Å². The summed E-state index contributed by atoms with van der Waals surface area (Å²) in [6, 6.07) is 14.7. The summed E-state index contributed by atoms with van der Waals surface area (Å²) < 4.78 is 0. The summed E-state index contributed by atoms with van der Waals surface area (Å²) in [5.74, 6) is 0. The van der Waals surface area contributed by atoms with Crippen molar-refractivity contribution >= 4 is 73.8 Å². The second kappa shape index (κ2) is 10.3. The summed E-state index contributed by atoms with van der Waals surface area (Å²) in [7, 11) is -8.15. The van der Waals surface area contributed by atoms with Gasteiger partial charge in [-0.05, 0) is 73.8 Å². The van der Waals surface area contributed by atoms with Crippen LogP contribution in [0.1, 0.15) is 33.4 Å². The van der Waals surface area contributed by atoms with Crippen molar-refractivity contribution in [2.75, 3.05) is 0 Å². The van der Waals surface area contributed by atoms with Gasteiger partial charge in [0.25, 0.3) is 0 Å². The standard InChI is InChI=1S/C33H51ClSi4/c1-22-16-25(4)31(28(19-22)35(7,8)9)38(34,32-26(5)17-23(2)20-29(32)36(10,11)12)33-27(6)18-24(3)21-30(33)37(13,14)15/h16-21H,1-15H3. The Balaban J connectivity index is 2.79. The van der Waals surface area contributed by atoms with Gasteiger partial charge in [-0.15, -0.1) is 11.1 Å². The first-order valence-electron chi connectivity index (χ1n) is 14.2. The first kappa shape index (κ1) is 31.3. The third kappa shape index (κ3) is 5.81. The van der Waals surface area contributed by atoms with E-state index in [0.29, 0.717) is 0 Å². The summed E-state index contributed by atoms with van der Waals surface area (Å²) in [5.41, 5.74) is 8.21. The van der Waals surface area contributed by atoms with Crippen LogP contribution in [0.5, 0.6) is 0 Å². The zero-order valence-corrected chi connectivity index (χ0v) is 31.6. The second-order valence-corrected chi connectivity index (χ2v) is 34.6. The van der Waals surface area contributed by atoms with E-state index in [1.54, 1.807) is 15.6 Å². The Morgan fingerprint density at radius 1 is 0.395 bits per heavy atom. The molecule has 0 aromatic heterocycles. The first-order valence-corrected chi connectivity index (χ1v) is 27.7. The molecule has 0 aliphatic heterocycles. The van der Waals surface area contributed by atoms with Crippen molar-refractivity contribution in [1.29, 1.82) is 0 Å². The maximum absolute atomic E-state index is 8.73. The van der Waals surface area contributed by atoms with Crippen molar-refractivity contribution < 1.29 is 0 Å². The summed E-state index contributed by atoms with van der Waals surface area (Å²) in [6.07, 6.45) is 0. The van der Waals surface area contributed by atoms with Gasteiger partial charge in [0.2, 0.25) is 7.38 Å². The molecule has 0 radical (unpaired) electrons. The fourth-order valence-corrected chi connectivity index (χ4v) is 23.2. The Bertz CT molecular complexity index is 1210. The molecule has 5 heteroatoms. The van der Waals surface area contributed by atoms with E-state index in [-0.39, 0.29) is 0 Å². The Morgan fingerprint density at radius 2 is 0.605 bits per heavy atom. The lowest BCUT2D eigenvalue weighted by molar-refractivity contribution is 1.39. The average molecular weight is 596 g/mol. The molecule has 38 heavy (non-hydrogen) atoms. The minimum atomic E-state index is -2.97. The number of hydrogen-bond donors (Lipinski definition) is 0. The Labute approximate surface area is 243 Å². The molecule has 0 saturated heterocycles. The van der Waals surface area contributed by atoms with E-state index in [1.807, 2.05) is 0 Å². The molecule has 0 nitrogen and oxygen atoms in total. The Morgan fingerprint density at radius 3 is 0.789 bits per heavy atom. The van der Waals surface area contributed by atoms with E-state index in [0.717, 1.165) is 0 Å². The topological polar surface area (TPSA) is 0 Å². The minimum absolute atomic E-state index is 1.36. The van der Waals surface area contributed by atoms with Crippen LogP contribution < -0.4 is 31.1 Å². The molecule has 0 saturated carbocycles. The van der Waals surface area contributed by atoms with E-state index in [1.165, 1.54) is 48.9 Å². The predicted molar refractivity (Wildman–Crippen MR) is 187 cm³/mol. The van der Waals surface area contributed by atoms with Gasteiger partial charge in [-0.25, -0.2) is 0 Å². The number of halogens is 1. The van der Waals surface area contributed by atoms with Crippen LogP contribution in [0.2, 0.25) is 58.9 Å². The van der Waals surface area contributed by atoms with Crippen molar-refractivity contribution in [3.05, 3.63) is 69.8 Å². The minimum Gasteiger partial charge on any atom is -0.149 e. The molecule has 3 rings (SSSR count). The van der Waals surface area contributed by atoms with Gasteiger partial charge in [-0.1, -0.05) is 128 Å². The molecule has 0 bridgehead atoms. The van der Waals surface area contributed by atoms with Crippen molar-refractivity contribution in [2.24, 2.45) is 0 Å². The summed E-state index contributed by atoms with van der Waals surface area (Å²) in [5, 5.41) is 9.13. The van der Waals surface area contributed by atoms with Gasteiger partial charge in [0.05, 0.1) is 24.2 Å². The van der Waals surface area contributed by atoms with E-state index < -0.39 is 31.6 Å². The molecule has 0 atom stereocenters. The van der Waals surface area contributed by atoms with Crippen LogP contribution in [-0.4, -0.2) is 31.6 Å². The van der Waals surface area contributed by atoms with Crippen molar-refractivity contribution in [1.82, 2.24) is 0 Å². The van der Waals surface area contributed by atoms with Crippen molar-refractivity contribution in [3.8, 4) is 0 Å². The maximum Gasteiger partial charge on any atom is 0.248 e. The van der Waals surface area contributed by atoms with Crippen LogP contribution in [0.25, 0.3) is 0 Å². The number of aryl methyl sites for hydroxylation is 6. The molecule has 0 aliphatic rings. The maximum atomic E-state index is 8.73. The predicted octanol–water partition coefficient (Wildman–Crippen LogP) is 6.38. The molecular weight excluding hydrogens is 544 g/mol. The summed E-state index contributed by atoms with van der Waals surface area (Å²) in [4.78, 5) is 0. The highest BCUT2D eigenvalue weighted by Crippen LogP contribution is 2.23. The van der Waals surface area contributed by atoms with Gasteiger partial charge < -0.3 is 0 Å². The van der Waals surface area contributed by atoms with Crippen molar-refractivity contribution in [2.45, 2.75) is 100 Å². The second-order valence-electron chi connectivity index (χ2n) is 14.9. The van der Waals surface area contributed by atoms with Crippen LogP contribution >= 0.6 is 11.1 Å². The largest absolute Gasteiger partial charge is 0.248 e. The van der Waals surface area contributed by atoms with E-state index >= 15 is 0 Å². The molecule has 0 heterocycles. The molecule has 0 aliphatic carbocycles. The van der Waals surface area contributed by atoms with Gasteiger partial charge in [-0.2, -0.15) is 0 Å². The number of hydrogen-bond acceptors (Lipinski definition) is 0. The number of rotatable bonds is 6. The molecule has 0 unspecified atom stereocenters. The van der Waals surface area contributed by atoms with E-state index in [2.05, 4.69) is 137 Å². The first-order chi connectivity index (χ1) is 17.1. The third-order valence-corrected chi connectivity index (χ3v) is 20.4. The Kier molecular flexibility index (Phi) is 8.53. The van der Waals surface area contributed by atoms with Gasteiger partial charge in [0.15, 0.2) is 0 Å². The smallest absolute Gasteiger partial charge is 0.149 e. The summed E-state index contributed by atoms with van der Waals surface area (Å²) >= 11 is 8.73. The van der Waals surface area contributed by atoms with Gasteiger partial charge >= 0.3 is 0 Å². The Hall–Kier alpha value is -1.18. The normalized spacial score (nSPS) is 13.3. The molecule has 206 valence electrons. The fraction of sp³-hybridized carbons (Fsp3) is 0.455. The van der Waals surface area contributed by atoms with Gasteiger partial charge in [0, 0.05) is 0 Å². The van der Waals surface area contributed by atoms with Crippen molar-refractivity contribution in [3.63, 3.8) is 0 Å². The van der Waals surface area contributed by atoms with Crippen LogP contribution in [0.4, 0.5) is 0 Å². The zero-order valence-electron chi connectivity index (χ0n) is 26.8. The molecule has 0 fully saturated rings. The van der Waals surface area contributed by atoms with Crippen LogP contribution in [0, 0.1) is 41.5 Å². The lowest BCUT2D eigenvalue weighted by Gasteiger charge is -2.41. The number of benzene rings is 3. The molecule has 0 spiro atoms. The molecular formula is C33H51ClSi4. The molecule has 0 N–H and O–H groups in total. The highest BCUT2D eigenvalue weighted by molar-refractivity contribution is 7.43. The average Bonchev–Trinajstić information content (AvgIpc) is 2.69. The van der Waals surface area contributed by atoms with E-state index in [4.69, 9.17) is 11.1 Å². The SMILES string of the molecule is Cc1cc(C)c([Si](Cl)(c2c(C)cc(C)cc2[Si](C)(C)C)c2c(C)cc(C)cc2[Si](C)(C)C)c([Si](C)(C)C)c1. The van der Waals surface area contributed by atoms with Crippen LogP contribution in [0.15, 0.2) is 36.4 Å². The molecule has 0 amide bonds. The highest BCUT2D eigenvalue weighted by Gasteiger charge is 2.49. The highest BCUT2D eigenvalue weighted by atomic mass is 35.6. The molecule has 3 aromatic carbocycles. The molecule has 3 aromatic rings.